The van der Waals surface area contributed by atoms with Crippen LogP contribution < -0.4 is 10.1 Å². The van der Waals surface area contributed by atoms with Crippen molar-refractivity contribution in [3.63, 3.8) is 0 Å². The van der Waals surface area contributed by atoms with Crippen molar-refractivity contribution < 1.29 is 4.74 Å². The first kappa shape index (κ1) is 15.8. The van der Waals surface area contributed by atoms with Crippen molar-refractivity contribution in [1.29, 1.82) is 0 Å². The van der Waals surface area contributed by atoms with Crippen LogP contribution in [-0.4, -0.2) is 16.5 Å². The molecule has 0 saturated carbocycles. The van der Waals surface area contributed by atoms with Gasteiger partial charge in [-0.1, -0.05) is 22.9 Å². The molecule has 0 aliphatic rings. The second kappa shape index (κ2) is 7.41. The van der Waals surface area contributed by atoms with E-state index < -0.39 is 0 Å². The molecular weight excluding hydrogens is 330 g/mol. The molecule has 0 aliphatic carbocycles. The van der Waals surface area contributed by atoms with Gasteiger partial charge in [-0.25, -0.2) is 4.98 Å². The minimum Gasteiger partial charge on any atom is -0.439 e. The Balaban J connectivity index is 2.26. The van der Waals surface area contributed by atoms with Crippen LogP contribution in [0.15, 0.2) is 28.7 Å². The third kappa shape index (κ3) is 4.43. The quantitative estimate of drug-likeness (QED) is 0.819. The first-order valence-corrected chi connectivity index (χ1v) is 7.97. The van der Waals surface area contributed by atoms with Gasteiger partial charge < -0.3 is 10.1 Å². The van der Waals surface area contributed by atoms with Crippen LogP contribution in [-0.2, 0) is 6.42 Å². The van der Waals surface area contributed by atoms with Crippen LogP contribution in [0.4, 0.5) is 5.82 Å². The van der Waals surface area contributed by atoms with Crippen LogP contribution in [0.3, 0.4) is 0 Å². The number of benzene rings is 1. The van der Waals surface area contributed by atoms with Crippen molar-refractivity contribution in [2.24, 2.45) is 0 Å². The number of rotatable bonds is 6. The molecular formula is C16H20BrN3O. The van der Waals surface area contributed by atoms with E-state index in [1.165, 1.54) is 0 Å². The Labute approximate surface area is 134 Å². The molecule has 0 radical (unpaired) electrons. The van der Waals surface area contributed by atoms with Gasteiger partial charge in [-0.15, -0.1) is 0 Å². The molecule has 0 atom stereocenters. The van der Waals surface area contributed by atoms with Gasteiger partial charge in [-0.05, 0) is 44.0 Å². The van der Waals surface area contributed by atoms with E-state index in [1.54, 1.807) is 0 Å². The Morgan fingerprint density at radius 2 is 2.00 bits per heavy atom. The molecule has 4 nitrogen and oxygen atoms in total. The lowest BCUT2D eigenvalue weighted by Gasteiger charge is -2.10. The van der Waals surface area contributed by atoms with Gasteiger partial charge >= 0.3 is 0 Å². The molecule has 0 bridgehead atoms. The largest absolute Gasteiger partial charge is 0.439 e. The molecule has 2 aromatic rings. The Kier molecular flexibility index (Phi) is 5.56. The third-order valence-electron chi connectivity index (χ3n) is 2.93. The summed E-state index contributed by atoms with van der Waals surface area (Å²) in [5, 5.41) is 3.21. The predicted molar refractivity (Wildman–Crippen MR) is 89.1 cm³/mol. The van der Waals surface area contributed by atoms with E-state index in [2.05, 4.69) is 38.1 Å². The Hall–Kier alpha value is -1.62. The molecule has 1 aromatic heterocycles. The van der Waals surface area contributed by atoms with Gasteiger partial charge in [0.15, 0.2) is 0 Å². The van der Waals surface area contributed by atoms with Gasteiger partial charge in [0.25, 0.3) is 0 Å². The monoisotopic (exact) mass is 349 g/mol. The average molecular weight is 350 g/mol. The highest BCUT2D eigenvalue weighted by Crippen LogP contribution is 2.26. The van der Waals surface area contributed by atoms with Crippen molar-refractivity contribution in [2.75, 3.05) is 11.9 Å². The highest BCUT2D eigenvalue weighted by molar-refractivity contribution is 9.10. The SMILES string of the molecule is CCCc1nc(NCC)cc(Oc2ccc(Br)c(C)c2)n1. The van der Waals surface area contributed by atoms with E-state index in [0.29, 0.717) is 5.88 Å². The summed E-state index contributed by atoms with van der Waals surface area (Å²) in [6.45, 7) is 7.00. The smallest absolute Gasteiger partial charge is 0.224 e. The summed E-state index contributed by atoms with van der Waals surface area (Å²) in [5.74, 6) is 2.96. The molecule has 1 heterocycles. The lowest BCUT2D eigenvalue weighted by molar-refractivity contribution is 0.458. The van der Waals surface area contributed by atoms with E-state index in [1.807, 2.05) is 38.1 Å². The van der Waals surface area contributed by atoms with E-state index in [9.17, 15) is 0 Å². The van der Waals surface area contributed by atoms with Gasteiger partial charge in [-0.3, -0.25) is 0 Å². The van der Waals surface area contributed by atoms with E-state index in [-0.39, 0.29) is 0 Å². The number of hydrogen-bond donors (Lipinski definition) is 1. The normalized spacial score (nSPS) is 10.5. The maximum Gasteiger partial charge on any atom is 0.224 e. The topological polar surface area (TPSA) is 47.0 Å². The predicted octanol–water partition coefficient (Wildman–Crippen LogP) is 4.72. The number of anilines is 1. The van der Waals surface area contributed by atoms with Crippen LogP contribution in [0.25, 0.3) is 0 Å². The number of aryl methyl sites for hydroxylation is 2. The summed E-state index contributed by atoms with van der Waals surface area (Å²) < 4.78 is 6.94. The minimum atomic E-state index is 0.575. The third-order valence-corrected chi connectivity index (χ3v) is 3.82. The number of nitrogens with one attached hydrogen (secondary N) is 1. The highest BCUT2D eigenvalue weighted by atomic mass is 79.9. The average Bonchev–Trinajstić information content (AvgIpc) is 2.43. The fourth-order valence-corrected chi connectivity index (χ4v) is 2.18. The fraction of sp³-hybridized carbons (Fsp3) is 0.375. The summed E-state index contributed by atoms with van der Waals surface area (Å²) in [6, 6.07) is 7.72. The van der Waals surface area contributed by atoms with Gasteiger partial charge in [0, 0.05) is 23.5 Å². The van der Waals surface area contributed by atoms with Gasteiger partial charge in [0.05, 0.1) is 0 Å². The molecule has 0 amide bonds. The van der Waals surface area contributed by atoms with Crippen molar-refractivity contribution >= 4 is 21.7 Å². The lowest BCUT2D eigenvalue weighted by Crippen LogP contribution is -2.04. The number of nitrogens with zero attached hydrogens (tertiary/aromatic N) is 2. The Morgan fingerprint density at radius 3 is 2.67 bits per heavy atom. The molecule has 112 valence electrons. The van der Waals surface area contributed by atoms with Crippen LogP contribution in [0.5, 0.6) is 11.6 Å². The van der Waals surface area contributed by atoms with Crippen molar-refractivity contribution in [2.45, 2.75) is 33.6 Å². The molecule has 21 heavy (non-hydrogen) atoms. The van der Waals surface area contributed by atoms with Crippen LogP contribution >= 0.6 is 15.9 Å². The summed E-state index contributed by atoms with van der Waals surface area (Å²) in [6.07, 6.45) is 1.85. The van der Waals surface area contributed by atoms with Crippen LogP contribution in [0.2, 0.25) is 0 Å². The second-order valence-corrected chi connectivity index (χ2v) is 5.66. The van der Waals surface area contributed by atoms with Gasteiger partial charge in [0.2, 0.25) is 5.88 Å². The van der Waals surface area contributed by atoms with Crippen molar-refractivity contribution in [3.05, 3.63) is 40.1 Å². The molecule has 5 heteroatoms. The number of halogens is 1. The minimum absolute atomic E-state index is 0.575. The Morgan fingerprint density at radius 1 is 1.19 bits per heavy atom. The van der Waals surface area contributed by atoms with E-state index >= 15 is 0 Å². The maximum absolute atomic E-state index is 5.88. The molecule has 0 aliphatic heterocycles. The maximum atomic E-state index is 5.88. The molecule has 2 rings (SSSR count). The van der Waals surface area contributed by atoms with Gasteiger partial charge in [0.1, 0.15) is 17.4 Å². The van der Waals surface area contributed by atoms with Crippen LogP contribution in [0.1, 0.15) is 31.7 Å². The van der Waals surface area contributed by atoms with E-state index in [0.717, 1.165) is 46.8 Å². The number of aromatic nitrogens is 2. The summed E-state index contributed by atoms with van der Waals surface area (Å²) in [4.78, 5) is 8.94. The molecule has 0 spiro atoms. The first-order valence-electron chi connectivity index (χ1n) is 7.18. The van der Waals surface area contributed by atoms with Crippen molar-refractivity contribution in [1.82, 2.24) is 9.97 Å². The first-order chi connectivity index (χ1) is 10.1. The standard InChI is InChI=1S/C16H20BrN3O/c1-4-6-14-19-15(18-5-2)10-16(20-14)21-12-7-8-13(17)11(3)9-12/h7-10H,4-6H2,1-3H3,(H,18,19,20). The lowest BCUT2D eigenvalue weighted by atomic mass is 10.2. The molecule has 0 unspecified atom stereocenters. The highest BCUT2D eigenvalue weighted by Gasteiger charge is 2.07. The molecule has 1 N–H and O–H groups in total. The second-order valence-electron chi connectivity index (χ2n) is 4.80. The fourth-order valence-electron chi connectivity index (χ4n) is 1.93. The Bertz CT molecular complexity index is 592. The molecule has 0 fully saturated rings. The summed E-state index contributed by atoms with van der Waals surface area (Å²) in [7, 11) is 0. The summed E-state index contributed by atoms with van der Waals surface area (Å²) in [5.41, 5.74) is 1.13. The van der Waals surface area contributed by atoms with Gasteiger partial charge in [-0.2, -0.15) is 4.98 Å². The van der Waals surface area contributed by atoms with Crippen LogP contribution in [0, 0.1) is 6.92 Å². The molecule has 1 aromatic carbocycles. The number of ether oxygens (including phenoxy) is 1. The number of hydrogen-bond acceptors (Lipinski definition) is 4. The zero-order valence-corrected chi connectivity index (χ0v) is 14.2. The summed E-state index contributed by atoms with van der Waals surface area (Å²) >= 11 is 3.49. The zero-order valence-electron chi connectivity index (χ0n) is 12.6. The van der Waals surface area contributed by atoms with Crippen molar-refractivity contribution in [3.8, 4) is 11.6 Å². The van der Waals surface area contributed by atoms with E-state index in [4.69, 9.17) is 4.74 Å². The zero-order chi connectivity index (χ0) is 15.2. The molecule has 0 saturated heterocycles.